The zero-order valence-electron chi connectivity index (χ0n) is 18.1. The fourth-order valence-corrected chi connectivity index (χ4v) is 3.38. The first-order valence-corrected chi connectivity index (χ1v) is 10.2. The normalized spacial score (nSPS) is 11.3. The Morgan fingerprint density at radius 3 is 2.56 bits per heavy atom. The van der Waals surface area contributed by atoms with Gasteiger partial charge in [-0.2, -0.15) is 13.2 Å². The number of urea groups is 1. The molecule has 0 fully saturated rings. The lowest BCUT2D eigenvalue weighted by Gasteiger charge is -2.23. The third-order valence-corrected chi connectivity index (χ3v) is 5.28. The van der Waals surface area contributed by atoms with Crippen LogP contribution in [0.2, 0.25) is 0 Å². The van der Waals surface area contributed by atoms with Crippen LogP contribution in [0.15, 0.2) is 73.4 Å². The molecule has 1 aromatic heterocycles. The maximum Gasteiger partial charge on any atom is 0.416 e. The van der Waals surface area contributed by atoms with E-state index in [9.17, 15) is 18.0 Å². The molecule has 3 aromatic rings. The molecule has 3 rings (SSSR count). The minimum absolute atomic E-state index is 0.271. The lowest BCUT2D eigenvalue weighted by Crippen LogP contribution is -2.35. The van der Waals surface area contributed by atoms with Gasteiger partial charge in [-0.1, -0.05) is 24.3 Å². The monoisotopic (exact) mass is 441 g/mol. The second-order valence-electron chi connectivity index (χ2n) is 7.72. The van der Waals surface area contributed by atoms with Crippen LogP contribution in [-0.2, 0) is 19.3 Å². The number of nitrogens with zero attached hydrogens (tertiary/aromatic N) is 2. The number of alkyl halides is 3. The zero-order chi connectivity index (χ0) is 23.3. The number of amides is 2. The van der Waals surface area contributed by atoms with E-state index in [4.69, 9.17) is 0 Å². The van der Waals surface area contributed by atoms with Crippen LogP contribution in [0.1, 0.15) is 27.9 Å². The number of aryl methyl sites for hydroxylation is 2. The number of anilines is 1. The molecular weight excluding hydrogens is 415 g/mol. The summed E-state index contributed by atoms with van der Waals surface area (Å²) in [6.07, 6.45) is -0.953. The van der Waals surface area contributed by atoms with E-state index in [1.54, 1.807) is 23.2 Å². The molecule has 0 atom stereocenters. The van der Waals surface area contributed by atoms with E-state index in [2.05, 4.69) is 11.9 Å². The number of aromatic nitrogens is 1. The van der Waals surface area contributed by atoms with Crippen LogP contribution in [0.5, 0.6) is 0 Å². The first-order valence-electron chi connectivity index (χ1n) is 10.2. The van der Waals surface area contributed by atoms with Gasteiger partial charge in [-0.25, -0.2) is 4.79 Å². The third kappa shape index (κ3) is 5.81. The quantitative estimate of drug-likeness (QED) is 0.424. The molecule has 0 aliphatic heterocycles. The molecule has 168 valence electrons. The van der Waals surface area contributed by atoms with Crippen molar-refractivity contribution in [3.63, 3.8) is 0 Å². The summed E-state index contributed by atoms with van der Waals surface area (Å²) in [5.41, 5.74) is 3.58. The van der Waals surface area contributed by atoms with Crippen molar-refractivity contribution in [1.29, 1.82) is 0 Å². The largest absolute Gasteiger partial charge is 0.416 e. The number of nitrogens with one attached hydrogen (secondary N) is 1. The van der Waals surface area contributed by atoms with E-state index in [0.29, 0.717) is 17.8 Å². The van der Waals surface area contributed by atoms with Crippen LogP contribution in [0.3, 0.4) is 0 Å². The lowest BCUT2D eigenvalue weighted by molar-refractivity contribution is -0.137. The highest BCUT2D eigenvalue weighted by molar-refractivity contribution is 5.89. The van der Waals surface area contributed by atoms with E-state index in [1.165, 1.54) is 6.07 Å². The third-order valence-electron chi connectivity index (χ3n) is 5.28. The topological polar surface area (TPSA) is 37.3 Å². The highest BCUT2D eigenvalue weighted by atomic mass is 19.4. The maximum absolute atomic E-state index is 13.0. The van der Waals surface area contributed by atoms with Crippen LogP contribution >= 0.6 is 0 Å². The van der Waals surface area contributed by atoms with Crippen LogP contribution in [-0.4, -0.2) is 22.0 Å². The van der Waals surface area contributed by atoms with Gasteiger partial charge in [0.1, 0.15) is 0 Å². The van der Waals surface area contributed by atoms with Gasteiger partial charge >= 0.3 is 12.2 Å². The maximum atomic E-state index is 13.0. The molecule has 0 unspecified atom stereocenters. The summed E-state index contributed by atoms with van der Waals surface area (Å²) in [6, 6.07) is 14.4. The first kappa shape index (κ1) is 23.2. The number of hydrogen-bond donors (Lipinski definition) is 1. The second-order valence-corrected chi connectivity index (χ2v) is 7.72. The predicted molar refractivity (Wildman–Crippen MR) is 121 cm³/mol. The number of carbonyl (C=O) groups is 1. The molecule has 0 aliphatic carbocycles. The summed E-state index contributed by atoms with van der Waals surface area (Å²) in [5, 5.41) is 2.91. The summed E-state index contributed by atoms with van der Waals surface area (Å²) in [6.45, 7) is 8.60. The van der Waals surface area contributed by atoms with Gasteiger partial charge in [-0.05, 0) is 66.9 Å². The summed E-state index contributed by atoms with van der Waals surface area (Å²) in [5.74, 6) is 0. The van der Waals surface area contributed by atoms with Crippen LogP contribution in [0.25, 0.3) is 0 Å². The molecule has 32 heavy (non-hydrogen) atoms. The lowest BCUT2D eigenvalue weighted by atomic mass is 10.1. The van der Waals surface area contributed by atoms with E-state index in [1.807, 2.05) is 48.7 Å². The number of benzene rings is 2. The first-order chi connectivity index (χ1) is 15.2. The minimum Gasteiger partial charge on any atom is -0.345 e. The Kier molecular flexibility index (Phi) is 7.08. The number of halogens is 3. The van der Waals surface area contributed by atoms with Crippen LogP contribution < -0.4 is 5.32 Å². The fourth-order valence-electron chi connectivity index (χ4n) is 3.38. The van der Waals surface area contributed by atoms with Crippen molar-refractivity contribution < 1.29 is 18.0 Å². The summed E-state index contributed by atoms with van der Waals surface area (Å²) in [4.78, 5) is 14.5. The Morgan fingerprint density at radius 1 is 1.09 bits per heavy atom. The summed E-state index contributed by atoms with van der Waals surface area (Å²) < 4.78 is 40.9. The van der Waals surface area contributed by atoms with E-state index < -0.39 is 11.7 Å². The van der Waals surface area contributed by atoms with Crippen molar-refractivity contribution in [2.75, 3.05) is 11.9 Å². The van der Waals surface area contributed by atoms with E-state index in [-0.39, 0.29) is 19.1 Å². The Labute approximate surface area is 186 Å². The number of hydrogen-bond acceptors (Lipinski definition) is 1. The molecule has 2 aromatic carbocycles. The standard InChI is InChI=1S/C25H26F3N3O/c1-4-12-31(24(32)29-22-11-10-18(2)19(3)14-22)17-23-9-6-13-30(23)16-20-7-5-8-21(15-20)25(26,27)28/h4-11,13-15H,1,12,16-17H2,2-3H3,(H,29,32). The fraction of sp³-hybridized carbons (Fsp3) is 0.240. The second kappa shape index (κ2) is 9.77. The Morgan fingerprint density at radius 2 is 1.88 bits per heavy atom. The molecule has 0 aliphatic rings. The molecule has 0 saturated carbocycles. The van der Waals surface area contributed by atoms with Crippen LogP contribution in [0, 0.1) is 13.8 Å². The van der Waals surface area contributed by atoms with Crippen molar-refractivity contribution in [3.05, 3.63) is 101 Å². The van der Waals surface area contributed by atoms with Crippen molar-refractivity contribution >= 4 is 11.7 Å². The summed E-state index contributed by atoms with van der Waals surface area (Å²) >= 11 is 0. The number of rotatable bonds is 7. The van der Waals surface area contributed by atoms with Crippen molar-refractivity contribution in [2.45, 2.75) is 33.1 Å². The highest BCUT2D eigenvalue weighted by Crippen LogP contribution is 2.29. The molecule has 1 heterocycles. The highest BCUT2D eigenvalue weighted by Gasteiger charge is 2.30. The van der Waals surface area contributed by atoms with Gasteiger partial charge in [-0.15, -0.1) is 6.58 Å². The smallest absolute Gasteiger partial charge is 0.345 e. The molecule has 0 radical (unpaired) electrons. The molecule has 7 heteroatoms. The van der Waals surface area contributed by atoms with E-state index >= 15 is 0 Å². The van der Waals surface area contributed by atoms with Gasteiger partial charge in [0.15, 0.2) is 0 Å². The Balaban J connectivity index is 1.75. The van der Waals surface area contributed by atoms with Gasteiger partial charge in [-0.3, -0.25) is 0 Å². The molecule has 0 spiro atoms. The Bertz CT molecular complexity index is 1100. The Hall–Kier alpha value is -3.48. The molecule has 0 saturated heterocycles. The molecule has 1 N–H and O–H groups in total. The predicted octanol–water partition coefficient (Wildman–Crippen LogP) is 6.39. The van der Waals surface area contributed by atoms with Crippen molar-refractivity contribution in [3.8, 4) is 0 Å². The van der Waals surface area contributed by atoms with Gasteiger partial charge < -0.3 is 14.8 Å². The average Bonchev–Trinajstić information content (AvgIpc) is 3.16. The minimum atomic E-state index is -4.39. The summed E-state index contributed by atoms with van der Waals surface area (Å²) in [7, 11) is 0. The number of carbonyl (C=O) groups excluding carboxylic acids is 1. The van der Waals surface area contributed by atoms with Gasteiger partial charge in [0, 0.05) is 30.7 Å². The van der Waals surface area contributed by atoms with Crippen molar-refractivity contribution in [2.24, 2.45) is 0 Å². The van der Waals surface area contributed by atoms with Gasteiger partial charge in [0.25, 0.3) is 0 Å². The van der Waals surface area contributed by atoms with Crippen LogP contribution in [0.4, 0.5) is 23.7 Å². The SMILES string of the molecule is C=CCN(Cc1cccn1Cc1cccc(C(F)(F)F)c1)C(=O)Nc1ccc(C)c(C)c1. The van der Waals surface area contributed by atoms with Gasteiger partial charge in [0.05, 0.1) is 12.1 Å². The molecule has 0 bridgehead atoms. The van der Waals surface area contributed by atoms with E-state index in [0.717, 1.165) is 29.0 Å². The average molecular weight is 441 g/mol. The molecule has 4 nitrogen and oxygen atoms in total. The van der Waals surface area contributed by atoms with Gasteiger partial charge in [0.2, 0.25) is 0 Å². The van der Waals surface area contributed by atoms with Crippen molar-refractivity contribution in [1.82, 2.24) is 9.47 Å². The molecule has 2 amide bonds. The zero-order valence-corrected chi connectivity index (χ0v) is 18.1. The molecular formula is C25H26F3N3O.